The second-order valence-electron chi connectivity index (χ2n) is 7.90. The topological polar surface area (TPSA) is 37.0 Å². The van der Waals surface area contributed by atoms with Crippen LogP contribution in [0, 0.1) is 0 Å². The van der Waals surface area contributed by atoms with Gasteiger partial charge in [0.15, 0.2) is 0 Å². The van der Waals surface area contributed by atoms with E-state index in [-0.39, 0.29) is 0 Å². The minimum absolute atomic E-state index is 0.846. The van der Waals surface area contributed by atoms with Crippen molar-refractivity contribution in [2.24, 2.45) is 0 Å². The number of piperazine rings is 1. The van der Waals surface area contributed by atoms with Crippen LogP contribution in [0.15, 0.2) is 54.6 Å². The summed E-state index contributed by atoms with van der Waals surface area (Å²) in [7, 11) is 1.71. The minimum Gasteiger partial charge on any atom is -0.495 e. The van der Waals surface area contributed by atoms with Crippen LogP contribution >= 0.6 is 0 Å². The zero-order chi connectivity index (χ0) is 20.9. The van der Waals surface area contributed by atoms with E-state index in [0.29, 0.717) is 0 Å². The molecule has 2 aromatic carbocycles. The van der Waals surface area contributed by atoms with Crippen LogP contribution in [0.5, 0.6) is 5.75 Å². The molecule has 1 saturated heterocycles. The number of rotatable bonds is 13. The molecule has 164 valence electrons. The first-order valence-corrected chi connectivity index (χ1v) is 11.3. The van der Waals surface area contributed by atoms with Crippen molar-refractivity contribution < 1.29 is 9.47 Å². The van der Waals surface area contributed by atoms with Crippen molar-refractivity contribution >= 4 is 5.69 Å². The fraction of sp³-hybridized carbons (Fsp3) is 0.520. The molecule has 0 spiro atoms. The highest BCUT2D eigenvalue weighted by molar-refractivity contribution is 5.55. The van der Waals surface area contributed by atoms with Crippen LogP contribution in [0.4, 0.5) is 5.69 Å². The van der Waals surface area contributed by atoms with Gasteiger partial charge >= 0.3 is 0 Å². The van der Waals surface area contributed by atoms with Crippen molar-refractivity contribution in [3.8, 4) is 5.75 Å². The average Bonchev–Trinajstić information content (AvgIpc) is 2.80. The molecule has 0 unspecified atom stereocenters. The zero-order valence-corrected chi connectivity index (χ0v) is 18.4. The van der Waals surface area contributed by atoms with Gasteiger partial charge in [0.05, 0.1) is 12.8 Å². The van der Waals surface area contributed by atoms with Gasteiger partial charge in [-0.3, -0.25) is 4.90 Å². The highest BCUT2D eigenvalue weighted by Crippen LogP contribution is 2.22. The molecule has 30 heavy (non-hydrogen) atoms. The normalized spacial score (nSPS) is 15.2. The third kappa shape index (κ3) is 7.98. The number of methoxy groups -OCH3 is 1. The summed E-state index contributed by atoms with van der Waals surface area (Å²) in [5.41, 5.74) is 2.47. The molecule has 2 aromatic rings. The van der Waals surface area contributed by atoms with Crippen LogP contribution in [0.3, 0.4) is 0 Å². The van der Waals surface area contributed by atoms with Gasteiger partial charge in [0, 0.05) is 59.0 Å². The molecule has 1 aliphatic rings. The summed E-state index contributed by atoms with van der Waals surface area (Å²) in [6.45, 7) is 9.53. The van der Waals surface area contributed by atoms with Gasteiger partial charge in [-0.25, -0.2) is 0 Å². The quantitative estimate of drug-likeness (QED) is 0.502. The molecule has 0 radical (unpaired) electrons. The molecule has 1 aliphatic heterocycles. The molecular weight excluding hydrogens is 374 g/mol. The molecule has 5 nitrogen and oxygen atoms in total. The van der Waals surface area contributed by atoms with Crippen LogP contribution in [-0.2, 0) is 11.3 Å². The fourth-order valence-electron chi connectivity index (χ4n) is 3.85. The highest BCUT2D eigenvalue weighted by Gasteiger charge is 2.16. The van der Waals surface area contributed by atoms with E-state index in [1.807, 2.05) is 18.2 Å². The van der Waals surface area contributed by atoms with E-state index in [9.17, 15) is 0 Å². The summed E-state index contributed by atoms with van der Waals surface area (Å²) in [4.78, 5) is 5.13. The lowest BCUT2D eigenvalue weighted by molar-refractivity contribution is 0.0956. The predicted octanol–water partition coefficient (Wildman–Crippen LogP) is 4.11. The molecule has 0 aliphatic carbocycles. The van der Waals surface area contributed by atoms with Crippen molar-refractivity contribution in [3.63, 3.8) is 0 Å². The second kappa shape index (κ2) is 13.3. The molecule has 0 bridgehead atoms. The first kappa shape index (κ1) is 22.6. The smallest absolute Gasteiger partial charge is 0.141 e. The fourth-order valence-corrected chi connectivity index (χ4v) is 3.85. The van der Waals surface area contributed by atoms with Crippen LogP contribution in [-0.4, -0.2) is 69.4 Å². The Morgan fingerprint density at radius 2 is 1.50 bits per heavy atom. The number of nitrogens with one attached hydrogen (secondary N) is 1. The molecule has 0 aromatic heterocycles. The number of ether oxygens (including phenoxy) is 2. The third-order valence-electron chi connectivity index (χ3n) is 5.61. The van der Waals surface area contributed by atoms with E-state index in [4.69, 9.17) is 9.47 Å². The Balaban J connectivity index is 1.15. The first-order valence-electron chi connectivity index (χ1n) is 11.3. The summed E-state index contributed by atoms with van der Waals surface area (Å²) in [6, 6.07) is 18.8. The number of unbranched alkanes of at least 4 members (excludes halogenated alkanes) is 1. The van der Waals surface area contributed by atoms with Gasteiger partial charge in [-0.1, -0.05) is 42.5 Å². The van der Waals surface area contributed by atoms with Gasteiger partial charge < -0.3 is 19.7 Å². The molecule has 3 rings (SSSR count). The number of para-hydroxylation sites is 2. The monoisotopic (exact) mass is 411 g/mol. The summed E-state index contributed by atoms with van der Waals surface area (Å²) >= 11 is 0. The number of hydrogen-bond donors (Lipinski definition) is 1. The number of hydrogen-bond acceptors (Lipinski definition) is 5. The van der Waals surface area contributed by atoms with Crippen LogP contribution in [0.1, 0.15) is 24.8 Å². The Hall–Kier alpha value is -2.08. The lowest BCUT2D eigenvalue weighted by atomic mass is 10.2. The van der Waals surface area contributed by atoms with Crippen molar-refractivity contribution in [3.05, 3.63) is 60.2 Å². The molecule has 0 amide bonds. The third-order valence-corrected chi connectivity index (χ3v) is 5.61. The molecule has 1 fully saturated rings. The Morgan fingerprint density at radius 1 is 0.800 bits per heavy atom. The largest absolute Gasteiger partial charge is 0.495 e. The van der Waals surface area contributed by atoms with E-state index in [0.717, 1.165) is 76.6 Å². The Kier molecular flexibility index (Phi) is 10.00. The van der Waals surface area contributed by atoms with Gasteiger partial charge in [-0.2, -0.15) is 0 Å². The van der Waals surface area contributed by atoms with Crippen LogP contribution < -0.4 is 10.1 Å². The van der Waals surface area contributed by atoms with E-state index < -0.39 is 0 Å². The van der Waals surface area contributed by atoms with Gasteiger partial charge in [0.1, 0.15) is 5.75 Å². The van der Waals surface area contributed by atoms with Crippen LogP contribution in [0.2, 0.25) is 0 Å². The van der Waals surface area contributed by atoms with E-state index in [1.54, 1.807) is 7.11 Å². The Labute approximate surface area is 182 Å². The maximum atomic E-state index is 5.83. The number of benzene rings is 2. The highest BCUT2D eigenvalue weighted by atomic mass is 16.5. The van der Waals surface area contributed by atoms with Gasteiger partial charge in [-0.15, -0.1) is 0 Å². The molecule has 0 atom stereocenters. The number of anilines is 1. The van der Waals surface area contributed by atoms with Gasteiger partial charge in [-0.05, 0) is 37.0 Å². The molecule has 1 heterocycles. The molecule has 0 saturated carbocycles. The Bertz CT molecular complexity index is 703. The van der Waals surface area contributed by atoms with Gasteiger partial charge in [0.2, 0.25) is 0 Å². The second-order valence-corrected chi connectivity index (χ2v) is 7.90. The maximum absolute atomic E-state index is 5.83. The SMILES string of the molecule is COc1ccccc1NCCCCOCCCN1CCN(Cc2ccccc2)CC1. The lowest BCUT2D eigenvalue weighted by Crippen LogP contribution is -2.46. The van der Waals surface area contributed by atoms with Crippen molar-refractivity contribution in [1.29, 1.82) is 0 Å². The molecule has 1 N–H and O–H groups in total. The lowest BCUT2D eigenvalue weighted by Gasteiger charge is -2.34. The first-order chi connectivity index (χ1) is 14.8. The number of nitrogens with zero attached hydrogens (tertiary/aromatic N) is 2. The predicted molar refractivity (Wildman–Crippen MR) is 124 cm³/mol. The Morgan fingerprint density at radius 3 is 2.30 bits per heavy atom. The van der Waals surface area contributed by atoms with Crippen molar-refractivity contribution in [1.82, 2.24) is 9.80 Å². The van der Waals surface area contributed by atoms with E-state index >= 15 is 0 Å². The molecule has 5 heteroatoms. The minimum atomic E-state index is 0.846. The summed E-state index contributed by atoms with van der Waals surface area (Å²) in [5.74, 6) is 0.898. The summed E-state index contributed by atoms with van der Waals surface area (Å²) in [6.07, 6.45) is 3.31. The van der Waals surface area contributed by atoms with Crippen LogP contribution in [0.25, 0.3) is 0 Å². The maximum Gasteiger partial charge on any atom is 0.141 e. The average molecular weight is 412 g/mol. The van der Waals surface area contributed by atoms with Gasteiger partial charge in [0.25, 0.3) is 0 Å². The zero-order valence-electron chi connectivity index (χ0n) is 18.4. The summed E-state index contributed by atoms with van der Waals surface area (Å²) < 4.78 is 11.2. The molecular formula is C25H37N3O2. The van der Waals surface area contributed by atoms with Crippen molar-refractivity contribution in [2.45, 2.75) is 25.8 Å². The standard InChI is InChI=1S/C25H37N3O2/c1-29-25-13-6-5-12-24(25)26-14-7-8-20-30-21-9-15-27-16-18-28(19-17-27)22-23-10-3-2-4-11-23/h2-6,10-13,26H,7-9,14-22H2,1H3. The van der Waals surface area contributed by atoms with Crippen molar-refractivity contribution in [2.75, 3.05) is 64.9 Å². The summed E-state index contributed by atoms with van der Waals surface area (Å²) in [5, 5.41) is 3.44. The van der Waals surface area contributed by atoms with E-state index in [1.165, 1.54) is 18.7 Å². The van der Waals surface area contributed by atoms with E-state index in [2.05, 4.69) is 51.5 Å².